The van der Waals surface area contributed by atoms with E-state index in [1.54, 1.807) is 0 Å². The first-order valence-corrected chi connectivity index (χ1v) is 6.10. The van der Waals surface area contributed by atoms with Gasteiger partial charge in [-0.3, -0.25) is 0 Å². The molecule has 1 aliphatic carbocycles. The van der Waals surface area contributed by atoms with Gasteiger partial charge < -0.3 is 4.74 Å². The van der Waals surface area contributed by atoms with Crippen molar-refractivity contribution in [1.82, 2.24) is 0 Å². The molecule has 2 heteroatoms. The summed E-state index contributed by atoms with van der Waals surface area (Å²) >= 11 is 3.50. The molecule has 0 saturated heterocycles. The molecule has 0 radical (unpaired) electrons. The standard InChI is InChI=1S/C12H15BrO/c1-9-3-4-11(10(2)7-9)14-12(8-13)5-6-12/h3-4,7H,5-6,8H2,1-2H3. The Morgan fingerprint density at radius 1 is 1.36 bits per heavy atom. The molecule has 0 N–H and O–H groups in total. The van der Waals surface area contributed by atoms with Crippen molar-refractivity contribution in [1.29, 1.82) is 0 Å². The quantitative estimate of drug-likeness (QED) is 0.750. The number of halogens is 1. The van der Waals surface area contributed by atoms with Gasteiger partial charge in [-0.25, -0.2) is 0 Å². The molecule has 0 spiro atoms. The predicted octanol–water partition coefficient (Wildman–Crippen LogP) is 3.61. The lowest BCUT2D eigenvalue weighted by molar-refractivity contribution is 0.205. The van der Waals surface area contributed by atoms with Gasteiger partial charge in [0.25, 0.3) is 0 Å². The van der Waals surface area contributed by atoms with Gasteiger partial charge in [0.05, 0.1) is 0 Å². The Balaban J connectivity index is 2.17. The first-order valence-electron chi connectivity index (χ1n) is 4.97. The van der Waals surface area contributed by atoms with Crippen molar-refractivity contribution in [3.63, 3.8) is 0 Å². The topological polar surface area (TPSA) is 9.23 Å². The van der Waals surface area contributed by atoms with E-state index in [4.69, 9.17) is 4.74 Å². The zero-order chi connectivity index (χ0) is 10.2. The van der Waals surface area contributed by atoms with Crippen molar-refractivity contribution in [2.24, 2.45) is 0 Å². The third-order valence-electron chi connectivity index (χ3n) is 2.71. The summed E-state index contributed by atoms with van der Waals surface area (Å²) in [6, 6.07) is 6.35. The minimum absolute atomic E-state index is 0.0972. The van der Waals surface area contributed by atoms with Gasteiger partial charge in [0, 0.05) is 5.33 Å². The molecule has 0 aromatic heterocycles. The van der Waals surface area contributed by atoms with E-state index >= 15 is 0 Å². The Kier molecular flexibility index (Phi) is 2.56. The number of alkyl halides is 1. The molecular weight excluding hydrogens is 240 g/mol. The first kappa shape index (κ1) is 10.0. The highest BCUT2D eigenvalue weighted by Gasteiger charge is 2.44. The fraction of sp³-hybridized carbons (Fsp3) is 0.500. The largest absolute Gasteiger partial charge is 0.486 e. The molecule has 2 rings (SSSR count). The van der Waals surface area contributed by atoms with Gasteiger partial charge in [-0.2, -0.15) is 0 Å². The minimum Gasteiger partial charge on any atom is -0.486 e. The van der Waals surface area contributed by atoms with Gasteiger partial charge in [-0.15, -0.1) is 0 Å². The van der Waals surface area contributed by atoms with Crippen molar-refractivity contribution in [2.75, 3.05) is 5.33 Å². The van der Waals surface area contributed by atoms with Gasteiger partial charge in [-0.1, -0.05) is 33.6 Å². The maximum atomic E-state index is 6.00. The van der Waals surface area contributed by atoms with Gasteiger partial charge in [0.1, 0.15) is 11.4 Å². The van der Waals surface area contributed by atoms with Crippen LogP contribution in [0.25, 0.3) is 0 Å². The monoisotopic (exact) mass is 254 g/mol. The molecule has 1 nitrogen and oxygen atoms in total. The van der Waals surface area contributed by atoms with Crippen LogP contribution in [0.15, 0.2) is 18.2 Å². The van der Waals surface area contributed by atoms with Crippen LogP contribution in [0.2, 0.25) is 0 Å². The number of rotatable bonds is 3. The second-order valence-corrected chi connectivity index (χ2v) is 4.75. The lowest BCUT2D eigenvalue weighted by Gasteiger charge is -2.17. The van der Waals surface area contributed by atoms with Crippen LogP contribution >= 0.6 is 15.9 Å². The van der Waals surface area contributed by atoms with Crippen LogP contribution in [0.1, 0.15) is 24.0 Å². The number of hydrogen-bond donors (Lipinski definition) is 0. The molecule has 0 atom stereocenters. The molecule has 1 fully saturated rings. The highest BCUT2D eigenvalue weighted by molar-refractivity contribution is 9.09. The van der Waals surface area contributed by atoms with Crippen molar-refractivity contribution >= 4 is 15.9 Å². The Morgan fingerprint density at radius 2 is 2.07 bits per heavy atom. The van der Waals surface area contributed by atoms with E-state index in [0.717, 1.165) is 11.1 Å². The molecule has 76 valence electrons. The summed E-state index contributed by atoms with van der Waals surface area (Å²) in [6.45, 7) is 4.21. The van der Waals surface area contributed by atoms with Crippen LogP contribution in [0.5, 0.6) is 5.75 Å². The van der Waals surface area contributed by atoms with Crippen LogP contribution < -0.4 is 4.74 Å². The summed E-state index contributed by atoms with van der Waals surface area (Å²) in [5.41, 5.74) is 2.62. The molecular formula is C12H15BrO. The van der Waals surface area contributed by atoms with Crippen molar-refractivity contribution < 1.29 is 4.74 Å². The predicted molar refractivity (Wildman–Crippen MR) is 62.3 cm³/mol. The lowest BCUT2D eigenvalue weighted by Crippen LogP contribution is -2.19. The number of benzene rings is 1. The third kappa shape index (κ3) is 1.95. The Hall–Kier alpha value is -0.500. The van der Waals surface area contributed by atoms with Gasteiger partial charge >= 0.3 is 0 Å². The van der Waals surface area contributed by atoms with Crippen LogP contribution in [0.4, 0.5) is 0 Å². The third-order valence-corrected chi connectivity index (χ3v) is 3.73. The smallest absolute Gasteiger partial charge is 0.123 e. The molecule has 14 heavy (non-hydrogen) atoms. The molecule has 1 aromatic carbocycles. The van der Waals surface area contributed by atoms with Crippen molar-refractivity contribution in [3.05, 3.63) is 29.3 Å². The number of ether oxygens (including phenoxy) is 1. The molecule has 1 aromatic rings. The highest BCUT2D eigenvalue weighted by atomic mass is 79.9. The summed E-state index contributed by atoms with van der Waals surface area (Å²) in [6.07, 6.45) is 2.34. The van der Waals surface area contributed by atoms with E-state index in [9.17, 15) is 0 Å². The first-order chi connectivity index (χ1) is 6.65. The van der Waals surface area contributed by atoms with Gasteiger partial charge in [0.15, 0.2) is 0 Å². The summed E-state index contributed by atoms with van der Waals surface area (Å²) in [7, 11) is 0. The number of hydrogen-bond acceptors (Lipinski definition) is 1. The number of aryl methyl sites for hydroxylation is 2. The molecule has 0 amide bonds. The molecule has 0 heterocycles. The van der Waals surface area contributed by atoms with E-state index in [2.05, 4.69) is 48.0 Å². The summed E-state index contributed by atoms with van der Waals surface area (Å²) < 4.78 is 6.00. The molecule has 1 aliphatic rings. The summed E-state index contributed by atoms with van der Waals surface area (Å²) in [5.74, 6) is 1.03. The molecule has 0 bridgehead atoms. The van der Waals surface area contributed by atoms with Gasteiger partial charge in [0.2, 0.25) is 0 Å². The maximum Gasteiger partial charge on any atom is 0.123 e. The fourth-order valence-electron chi connectivity index (χ4n) is 1.55. The molecule has 0 aliphatic heterocycles. The highest BCUT2D eigenvalue weighted by Crippen LogP contribution is 2.42. The van der Waals surface area contributed by atoms with Crippen molar-refractivity contribution in [3.8, 4) is 5.75 Å². The van der Waals surface area contributed by atoms with Crippen LogP contribution in [-0.4, -0.2) is 10.9 Å². The zero-order valence-corrected chi connectivity index (χ0v) is 10.2. The minimum atomic E-state index is 0.0972. The average molecular weight is 255 g/mol. The Labute approximate surface area is 93.6 Å². The van der Waals surface area contributed by atoms with Gasteiger partial charge in [-0.05, 0) is 38.3 Å². The average Bonchev–Trinajstić information content (AvgIpc) is 2.91. The normalized spacial score (nSPS) is 17.9. The molecule has 0 unspecified atom stereocenters. The summed E-state index contributed by atoms with van der Waals surface area (Å²) in [5, 5.41) is 0.938. The Morgan fingerprint density at radius 3 is 2.57 bits per heavy atom. The second kappa shape index (κ2) is 3.58. The molecule has 1 saturated carbocycles. The van der Waals surface area contributed by atoms with Crippen LogP contribution in [0.3, 0.4) is 0 Å². The summed E-state index contributed by atoms with van der Waals surface area (Å²) in [4.78, 5) is 0. The van der Waals surface area contributed by atoms with E-state index in [1.807, 2.05) is 0 Å². The second-order valence-electron chi connectivity index (χ2n) is 4.19. The van der Waals surface area contributed by atoms with E-state index in [1.165, 1.54) is 24.0 Å². The van der Waals surface area contributed by atoms with E-state index in [-0.39, 0.29) is 5.60 Å². The zero-order valence-electron chi connectivity index (χ0n) is 8.64. The van der Waals surface area contributed by atoms with Crippen LogP contribution in [0, 0.1) is 13.8 Å². The van der Waals surface area contributed by atoms with E-state index < -0.39 is 0 Å². The SMILES string of the molecule is Cc1ccc(OC2(CBr)CC2)c(C)c1. The van der Waals surface area contributed by atoms with E-state index in [0.29, 0.717) is 0 Å². The maximum absolute atomic E-state index is 6.00. The van der Waals surface area contributed by atoms with Crippen LogP contribution in [-0.2, 0) is 0 Å². The van der Waals surface area contributed by atoms with Crippen molar-refractivity contribution in [2.45, 2.75) is 32.3 Å². The fourth-order valence-corrected chi connectivity index (χ4v) is 2.22. The Bertz CT molecular complexity index is 342. The lowest BCUT2D eigenvalue weighted by atomic mass is 10.1.